The van der Waals surface area contributed by atoms with Crippen LogP contribution in [0.25, 0.3) is 22.1 Å². The van der Waals surface area contributed by atoms with Gasteiger partial charge in [0.1, 0.15) is 12.1 Å². The van der Waals surface area contributed by atoms with E-state index in [1.54, 1.807) is 30.7 Å². The number of anilines is 2. The summed E-state index contributed by atoms with van der Waals surface area (Å²) in [5.41, 5.74) is 4.55. The first-order valence-electron chi connectivity index (χ1n) is 10.7. The number of fused-ring (bicyclic) bond motifs is 3. The van der Waals surface area contributed by atoms with Crippen molar-refractivity contribution in [2.24, 2.45) is 0 Å². The number of nitrogens with zero attached hydrogens (tertiary/aromatic N) is 4. The number of para-hydroxylation sites is 1. The van der Waals surface area contributed by atoms with E-state index in [0.29, 0.717) is 28.8 Å². The Hall–Kier alpha value is -4.47. The van der Waals surface area contributed by atoms with Gasteiger partial charge in [-0.3, -0.25) is 9.89 Å². The van der Waals surface area contributed by atoms with Gasteiger partial charge in [0, 0.05) is 30.3 Å². The highest BCUT2D eigenvalue weighted by Gasteiger charge is 2.31. The molecule has 33 heavy (non-hydrogen) atoms. The highest BCUT2D eigenvalue weighted by Crippen LogP contribution is 2.42. The highest BCUT2D eigenvalue weighted by molar-refractivity contribution is 5.97. The summed E-state index contributed by atoms with van der Waals surface area (Å²) in [7, 11) is 0. The lowest BCUT2D eigenvalue weighted by molar-refractivity contribution is 0.0952. The van der Waals surface area contributed by atoms with Crippen molar-refractivity contribution in [1.29, 1.82) is 0 Å². The number of nitrogens with one attached hydrogen (secondary N) is 4. The number of benzene rings is 2. The molecule has 1 amide bonds. The molecule has 0 saturated carbocycles. The van der Waals surface area contributed by atoms with Crippen molar-refractivity contribution in [2.75, 3.05) is 18.0 Å². The maximum atomic E-state index is 12.7. The fourth-order valence-electron chi connectivity index (χ4n) is 4.55. The van der Waals surface area contributed by atoms with E-state index in [4.69, 9.17) is 0 Å². The van der Waals surface area contributed by atoms with E-state index in [2.05, 4.69) is 52.5 Å². The van der Waals surface area contributed by atoms with E-state index >= 15 is 0 Å². The Morgan fingerprint density at radius 3 is 2.94 bits per heavy atom. The molecule has 164 valence electrons. The normalized spacial score (nSPS) is 15.3. The monoisotopic (exact) mass is 440 g/mol. The van der Waals surface area contributed by atoms with Gasteiger partial charge in [0.25, 0.3) is 5.91 Å². The molecule has 1 aliphatic heterocycles. The molecule has 0 saturated heterocycles. The summed E-state index contributed by atoms with van der Waals surface area (Å²) in [6, 6.07) is 13.4. The van der Waals surface area contributed by atoms with Crippen LogP contribution in [-0.2, 0) is 0 Å². The average molecular weight is 440 g/mol. The molecule has 10 nitrogen and oxygen atoms in total. The minimum absolute atomic E-state index is 0.169. The minimum Gasteiger partial charge on any atom is -0.352 e. The number of hydrogen-bond acceptors (Lipinski definition) is 6. The first-order chi connectivity index (χ1) is 16.2. The van der Waals surface area contributed by atoms with Gasteiger partial charge in [-0.1, -0.05) is 18.2 Å². The quantitative estimate of drug-likeness (QED) is 0.332. The summed E-state index contributed by atoms with van der Waals surface area (Å²) in [6.45, 7) is 1.28. The van der Waals surface area contributed by atoms with Crippen molar-refractivity contribution in [2.45, 2.75) is 12.3 Å². The zero-order valence-electron chi connectivity index (χ0n) is 17.5. The van der Waals surface area contributed by atoms with Gasteiger partial charge >= 0.3 is 5.69 Å². The maximum Gasteiger partial charge on any atom is 0.323 e. The number of carbonyl (C=O) groups is 1. The van der Waals surface area contributed by atoms with Crippen molar-refractivity contribution in [3.63, 3.8) is 0 Å². The first-order valence-corrected chi connectivity index (χ1v) is 10.7. The van der Waals surface area contributed by atoms with Gasteiger partial charge in [-0.15, -0.1) is 0 Å². The Balaban J connectivity index is 1.19. The summed E-state index contributed by atoms with van der Waals surface area (Å²) >= 11 is 0. The second kappa shape index (κ2) is 7.59. The molecule has 4 N–H and O–H groups in total. The van der Waals surface area contributed by atoms with Gasteiger partial charge in [-0.25, -0.2) is 14.8 Å². The van der Waals surface area contributed by atoms with Gasteiger partial charge < -0.3 is 20.2 Å². The van der Waals surface area contributed by atoms with Gasteiger partial charge in [0.2, 0.25) is 0 Å². The van der Waals surface area contributed by atoms with Crippen molar-refractivity contribution in [1.82, 2.24) is 35.5 Å². The van der Waals surface area contributed by atoms with E-state index < -0.39 is 0 Å². The highest BCUT2D eigenvalue weighted by atomic mass is 16.2. The molecular weight excluding hydrogens is 420 g/mol. The number of H-pyrrole nitrogens is 3. The van der Waals surface area contributed by atoms with Crippen LogP contribution >= 0.6 is 0 Å². The smallest absolute Gasteiger partial charge is 0.323 e. The molecule has 1 aliphatic rings. The van der Waals surface area contributed by atoms with E-state index in [1.807, 2.05) is 12.1 Å². The molecule has 0 radical (unpaired) electrons. The lowest BCUT2D eigenvalue weighted by Crippen LogP contribution is -2.26. The molecule has 3 aromatic heterocycles. The van der Waals surface area contributed by atoms with Crippen LogP contribution < -0.4 is 15.9 Å². The molecule has 5 aromatic rings. The van der Waals surface area contributed by atoms with Crippen molar-refractivity contribution < 1.29 is 4.79 Å². The number of carbonyl (C=O) groups excluding carboxylic acids is 1. The van der Waals surface area contributed by atoms with Crippen LogP contribution in [0.15, 0.2) is 59.8 Å². The fourth-order valence-corrected chi connectivity index (χ4v) is 4.55. The van der Waals surface area contributed by atoms with Crippen LogP contribution in [0.3, 0.4) is 0 Å². The predicted octanol–water partition coefficient (Wildman–Crippen LogP) is 2.58. The number of imidazole rings is 1. The van der Waals surface area contributed by atoms with Crippen LogP contribution in [0.4, 0.5) is 11.5 Å². The van der Waals surface area contributed by atoms with Crippen LogP contribution in [0, 0.1) is 0 Å². The molecule has 2 aromatic carbocycles. The number of rotatable bonds is 5. The third-order valence-electron chi connectivity index (χ3n) is 6.11. The number of amides is 1. The Labute approximate surface area is 187 Å². The Morgan fingerprint density at radius 1 is 1.12 bits per heavy atom. The number of aromatic amines is 3. The Morgan fingerprint density at radius 2 is 2.00 bits per heavy atom. The molecule has 4 heterocycles. The largest absolute Gasteiger partial charge is 0.352 e. The molecule has 1 unspecified atom stereocenters. The van der Waals surface area contributed by atoms with E-state index in [-0.39, 0.29) is 17.5 Å². The third-order valence-corrected chi connectivity index (χ3v) is 6.11. The summed E-state index contributed by atoms with van der Waals surface area (Å²) in [5, 5.41) is 10.9. The summed E-state index contributed by atoms with van der Waals surface area (Å²) in [6.07, 6.45) is 4.07. The molecule has 0 fully saturated rings. The average Bonchev–Trinajstić information content (AvgIpc) is 3.54. The summed E-state index contributed by atoms with van der Waals surface area (Å²) in [4.78, 5) is 40.4. The summed E-state index contributed by atoms with van der Waals surface area (Å²) < 4.78 is 0. The van der Waals surface area contributed by atoms with Gasteiger partial charge in [-0.2, -0.15) is 5.10 Å². The lowest BCUT2D eigenvalue weighted by atomic mass is 9.98. The third kappa shape index (κ3) is 3.32. The summed E-state index contributed by atoms with van der Waals surface area (Å²) in [5.74, 6) is 0.890. The fraction of sp³-hybridized carbons (Fsp3) is 0.174. The van der Waals surface area contributed by atoms with Gasteiger partial charge in [0.05, 0.1) is 22.6 Å². The zero-order valence-corrected chi connectivity index (χ0v) is 17.5. The van der Waals surface area contributed by atoms with Crippen molar-refractivity contribution >= 4 is 39.5 Å². The number of hydrogen-bond donors (Lipinski definition) is 4. The maximum absolute atomic E-state index is 12.7. The van der Waals surface area contributed by atoms with E-state index in [0.717, 1.165) is 29.9 Å². The second-order valence-electron chi connectivity index (χ2n) is 8.08. The SMILES string of the molecule is O=C(NCCC1CN(c2ncnc3[nH]ncc23)c2ccccc21)c1ccc2[nH]c(=O)[nH]c2c1. The molecule has 6 rings (SSSR count). The Bertz CT molecular complexity index is 1550. The Kier molecular flexibility index (Phi) is 4.42. The lowest BCUT2D eigenvalue weighted by Gasteiger charge is -2.19. The van der Waals surface area contributed by atoms with Crippen LogP contribution in [0.1, 0.15) is 28.3 Å². The first kappa shape index (κ1) is 19.2. The van der Waals surface area contributed by atoms with Crippen molar-refractivity contribution in [3.8, 4) is 0 Å². The van der Waals surface area contributed by atoms with E-state index in [9.17, 15) is 9.59 Å². The second-order valence-corrected chi connectivity index (χ2v) is 8.08. The zero-order chi connectivity index (χ0) is 22.4. The number of aromatic nitrogens is 6. The van der Waals surface area contributed by atoms with E-state index in [1.165, 1.54) is 5.56 Å². The topological polar surface area (TPSA) is 135 Å². The minimum atomic E-state index is -0.289. The molecule has 0 bridgehead atoms. The predicted molar refractivity (Wildman–Crippen MR) is 124 cm³/mol. The molecule has 10 heteroatoms. The van der Waals surface area contributed by atoms with Crippen LogP contribution in [-0.4, -0.2) is 49.1 Å². The van der Waals surface area contributed by atoms with Crippen molar-refractivity contribution in [3.05, 3.63) is 76.6 Å². The van der Waals surface area contributed by atoms with Gasteiger partial charge in [-0.05, 0) is 36.2 Å². The van der Waals surface area contributed by atoms with Gasteiger partial charge in [0.15, 0.2) is 5.65 Å². The molecular formula is C23H20N8O2. The van der Waals surface area contributed by atoms with Crippen LogP contribution in [0.5, 0.6) is 0 Å². The standard InChI is InChI=1S/C23H20N8O2/c32-22(13-5-6-17-18(9-13)29-23(33)28-17)24-8-7-14-11-31(19-4-2-1-3-15(14)19)21-16-10-27-30-20(16)25-12-26-21/h1-6,9-10,12,14H,7-8,11H2,(H,24,32)(H2,28,29,33)(H,25,26,27,30). The molecule has 0 aliphatic carbocycles. The van der Waals surface area contributed by atoms with Crippen LogP contribution in [0.2, 0.25) is 0 Å². The molecule has 1 atom stereocenters. The molecule has 0 spiro atoms.